The van der Waals surface area contributed by atoms with Crippen molar-refractivity contribution >= 4 is 63.9 Å². The zero-order chi connectivity index (χ0) is 51.6. The van der Waals surface area contributed by atoms with Gasteiger partial charge in [0.1, 0.15) is 18.2 Å². The lowest BCUT2D eigenvalue weighted by Crippen LogP contribution is -2.44. The average Bonchev–Trinajstić information content (AvgIpc) is 3.89. The number of hydrogen-bond acceptors (Lipinski definition) is 14. The van der Waals surface area contributed by atoms with Crippen LogP contribution in [0.15, 0.2) is 59.4 Å². The van der Waals surface area contributed by atoms with E-state index >= 15 is 4.39 Å². The van der Waals surface area contributed by atoms with Gasteiger partial charge in [-0.1, -0.05) is 37.3 Å². The van der Waals surface area contributed by atoms with E-state index in [1.807, 2.05) is 0 Å². The van der Waals surface area contributed by atoms with E-state index in [-0.39, 0.29) is 81.5 Å². The van der Waals surface area contributed by atoms with Gasteiger partial charge in [-0.2, -0.15) is 0 Å². The predicted octanol–water partition coefficient (Wildman–Crippen LogP) is 1.34. The van der Waals surface area contributed by atoms with Crippen molar-refractivity contribution in [3.05, 3.63) is 110 Å². The number of carbonyl (C=O) groups is 9. The van der Waals surface area contributed by atoms with Gasteiger partial charge in [0.2, 0.25) is 17.7 Å². The molecule has 21 heteroatoms. The number of rotatable bonds is 21. The summed E-state index contributed by atoms with van der Waals surface area (Å²) in [5.74, 6) is -7.50. The Morgan fingerprint density at radius 3 is 2.38 bits per heavy atom. The molecule has 2 aromatic heterocycles. The van der Waals surface area contributed by atoms with E-state index in [1.54, 1.807) is 50.2 Å². The SMILES string of the molecule is CC[C@@]1(O)C(=O)OCc2c1cc1n(c2=O)Cc2c-1nc1cc(F)c(C)c3c1c2[C@@H](NC(=O)CNC(=O)[C@@H](CC(=O)CNC(=O)CCC(=O)CN(CCN1C(=O)C=CC1=O)CC(=O)O)Cc1ccccc1)CC3. The monoisotopic (exact) mass is 989 g/mol. The fourth-order valence-corrected chi connectivity index (χ4v) is 9.92. The number of amides is 5. The second kappa shape index (κ2) is 20.9. The molecule has 1 aliphatic carbocycles. The number of aromatic nitrogens is 2. The maximum atomic E-state index is 15.4. The number of ketones is 2. The number of halogens is 1. The Morgan fingerprint density at radius 2 is 1.67 bits per heavy atom. The number of carboxylic acids is 1. The van der Waals surface area contributed by atoms with E-state index in [1.165, 1.54) is 15.5 Å². The van der Waals surface area contributed by atoms with E-state index in [0.29, 0.717) is 51.9 Å². The Balaban J connectivity index is 0.911. The number of cyclic esters (lactones) is 1. The summed E-state index contributed by atoms with van der Waals surface area (Å²) in [7, 11) is 0. The number of imide groups is 1. The van der Waals surface area contributed by atoms with Crippen molar-refractivity contribution in [2.24, 2.45) is 5.92 Å². The molecular weight excluding hydrogens is 938 g/mol. The lowest BCUT2D eigenvalue weighted by molar-refractivity contribution is -0.172. The molecule has 0 fully saturated rings. The van der Waals surface area contributed by atoms with Crippen molar-refractivity contribution < 1.29 is 62.5 Å². The van der Waals surface area contributed by atoms with E-state index in [9.17, 15) is 58.2 Å². The largest absolute Gasteiger partial charge is 0.480 e. The number of aliphatic hydroxyl groups is 1. The van der Waals surface area contributed by atoms with Gasteiger partial charge in [0.05, 0.1) is 61.2 Å². The summed E-state index contributed by atoms with van der Waals surface area (Å²) in [6, 6.07) is 11.1. The van der Waals surface area contributed by atoms with Crippen LogP contribution in [0.25, 0.3) is 22.3 Å². The third-order valence-corrected chi connectivity index (χ3v) is 13.7. The molecule has 4 aromatic rings. The third-order valence-electron chi connectivity index (χ3n) is 13.7. The van der Waals surface area contributed by atoms with Gasteiger partial charge in [-0.05, 0) is 60.9 Å². The molecule has 2 aromatic carbocycles. The van der Waals surface area contributed by atoms with Crippen LogP contribution in [-0.2, 0) is 79.5 Å². The van der Waals surface area contributed by atoms with Gasteiger partial charge in [0, 0.05) is 73.0 Å². The van der Waals surface area contributed by atoms with Gasteiger partial charge < -0.3 is 35.5 Å². The van der Waals surface area contributed by atoms with Crippen molar-refractivity contribution in [3.8, 4) is 11.4 Å². The normalized spacial score (nSPS) is 17.8. The molecule has 4 aliphatic rings. The molecule has 376 valence electrons. The fourth-order valence-electron chi connectivity index (χ4n) is 9.92. The van der Waals surface area contributed by atoms with Gasteiger partial charge in [-0.25, -0.2) is 14.2 Å². The number of pyridine rings is 2. The third kappa shape index (κ3) is 10.3. The highest BCUT2D eigenvalue weighted by molar-refractivity contribution is 6.12. The number of aryl methyl sites for hydroxylation is 1. The fraction of sp³-hybridized carbons (Fsp3) is 0.392. The summed E-state index contributed by atoms with van der Waals surface area (Å²) in [6.07, 6.45) is 2.00. The van der Waals surface area contributed by atoms with Crippen LogP contribution < -0.4 is 21.5 Å². The van der Waals surface area contributed by atoms with E-state index < -0.39 is 102 Å². The highest BCUT2D eigenvalue weighted by Gasteiger charge is 2.46. The zero-order valence-corrected chi connectivity index (χ0v) is 39.5. The number of carbonyl (C=O) groups excluding carboxylic acids is 8. The van der Waals surface area contributed by atoms with Crippen molar-refractivity contribution in [3.63, 3.8) is 0 Å². The molecule has 72 heavy (non-hydrogen) atoms. The number of fused-ring (bicyclic) bond motifs is 5. The van der Waals surface area contributed by atoms with Crippen LogP contribution in [0.2, 0.25) is 0 Å². The minimum absolute atomic E-state index is 0.0285. The topological polar surface area (TPSA) is 281 Å². The number of Topliss-reactive ketones (excluding diaryl/α,β-unsaturated/α-hetero) is 2. The molecule has 0 radical (unpaired) electrons. The van der Waals surface area contributed by atoms with Crippen molar-refractivity contribution in [1.82, 2.24) is 35.3 Å². The summed E-state index contributed by atoms with van der Waals surface area (Å²) in [5.41, 5.74) is 1.70. The molecule has 3 atom stereocenters. The van der Waals surface area contributed by atoms with Crippen LogP contribution in [0, 0.1) is 18.7 Å². The van der Waals surface area contributed by atoms with Gasteiger partial charge >= 0.3 is 11.9 Å². The highest BCUT2D eigenvalue weighted by Crippen LogP contribution is 2.46. The molecule has 5 amide bonds. The number of hydrogen-bond donors (Lipinski definition) is 5. The molecule has 8 rings (SSSR count). The molecule has 0 spiro atoms. The molecular formula is C51H52FN7O13. The Labute approximate surface area is 410 Å². The highest BCUT2D eigenvalue weighted by atomic mass is 19.1. The second-order valence-corrected chi connectivity index (χ2v) is 18.4. The summed E-state index contributed by atoms with van der Waals surface area (Å²) < 4.78 is 22.1. The van der Waals surface area contributed by atoms with Gasteiger partial charge in [0.15, 0.2) is 11.4 Å². The minimum Gasteiger partial charge on any atom is -0.480 e. The van der Waals surface area contributed by atoms with E-state index in [4.69, 9.17) is 9.72 Å². The van der Waals surface area contributed by atoms with Crippen LogP contribution in [0.3, 0.4) is 0 Å². The Hall–Kier alpha value is -7.78. The van der Waals surface area contributed by atoms with Crippen LogP contribution >= 0.6 is 0 Å². The second-order valence-electron chi connectivity index (χ2n) is 18.4. The molecule has 0 unspecified atom stereocenters. The lowest BCUT2D eigenvalue weighted by atomic mass is 9.81. The smallest absolute Gasteiger partial charge is 0.343 e. The van der Waals surface area contributed by atoms with Crippen LogP contribution in [0.5, 0.6) is 0 Å². The van der Waals surface area contributed by atoms with Crippen LogP contribution in [0.4, 0.5) is 4.39 Å². The van der Waals surface area contributed by atoms with Gasteiger partial charge in [0.25, 0.3) is 17.4 Å². The van der Waals surface area contributed by atoms with E-state index in [2.05, 4.69) is 16.0 Å². The summed E-state index contributed by atoms with van der Waals surface area (Å²) in [4.78, 5) is 135. The number of aliphatic carboxylic acids is 1. The maximum absolute atomic E-state index is 15.4. The first-order valence-corrected chi connectivity index (χ1v) is 23.6. The number of ether oxygens (including phenoxy) is 1. The Bertz CT molecular complexity index is 3040. The molecule has 0 saturated heterocycles. The number of nitrogens with zero attached hydrogens (tertiary/aromatic N) is 4. The predicted molar refractivity (Wildman–Crippen MR) is 252 cm³/mol. The maximum Gasteiger partial charge on any atom is 0.343 e. The first kappa shape index (κ1) is 50.6. The molecule has 5 N–H and O–H groups in total. The molecule has 0 bridgehead atoms. The number of nitrogens with one attached hydrogen (secondary N) is 3. The Kier molecular flexibility index (Phi) is 14.7. The van der Waals surface area contributed by atoms with Crippen LogP contribution in [-0.4, -0.2) is 122 Å². The standard InChI is InChI=1S/C51H52FN7O13/c1-3-51(71)35-19-39-47-33(24-59(39)49(69)34(35)26-72-50(51)70)46-37(11-10-32-27(2)36(52)20-38(56-47)45(32)46)55-41(63)22-54-48(68)29(17-28-7-5-4-6-8-28)18-31(61)21-53-40(62)12-9-30(60)23-57(25-44(66)67)15-16-58-42(64)13-14-43(58)65/h4-8,13-14,19-20,29,37,71H,3,9-12,15-18,21-26H2,1-2H3,(H,53,62)(H,54,68)(H,55,63)(H,66,67)/t29-,37+,51+/m1/s1. The van der Waals surface area contributed by atoms with Gasteiger partial charge in [-0.15, -0.1) is 0 Å². The average molecular weight is 990 g/mol. The van der Waals surface area contributed by atoms with Gasteiger partial charge in [-0.3, -0.25) is 53.0 Å². The first-order chi connectivity index (χ1) is 34.4. The molecule has 0 saturated carbocycles. The number of esters is 1. The zero-order valence-electron chi connectivity index (χ0n) is 39.5. The van der Waals surface area contributed by atoms with Crippen LogP contribution in [0.1, 0.15) is 84.0 Å². The molecule has 5 heterocycles. The number of benzene rings is 2. The summed E-state index contributed by atoms with van der Waals surface area (Å²) >= 11 is 0. The first-order valence-electron chi connectivity index (χ1n) is 23.6. The van der Waals surface area contributed by atoms with Crippen molar-refractivity contribution in [2.75, 3.05) is 39.3 Å². The number of carboxylic acid groups (broad SMARTS) is 1. The van der Waals surface area contributed by atoms with Crippen molar-refractivity contribution in [2.45, 2.75) is 83.6 Å². The summed E-state index contributed by atoms with van der Waals surface area (Å²) in [5, 5.41) is 29.5. The molecule has 3 aliphatic heterocycles. The van der Waals surface area contributed by atoms with Crippen molar-refractivity contribution in [1.29, 1.82) is 0 Å². The quantitative estimate of drug-likeness (QED) is 0.0513. The lowest BCUT2D eigenvalue weighted by Gasteiger charge is -2.31. The summed E-state index contributed by atoms with van der Waals surface area (Å²) in [6.45, 7) is 0.851. The minimum atomic E-state index is -2.07. The molecule has 20 nitrogen and oxygen atoms in total. The Morgan fingerprint density at radius 1 is 0.931 bits per heavy atom. The van der Waals surface area contributed by atoms with E-state index in [0.717, 1.165) is 22.6 Å².